The van der Waals surface area contributed by atoms with E-state index < -0.39 is 6.04 Å². The Hall–Kier alpha value is -2.99. The standard InChI is InChI=1S/C19H20N4O2/c1-2-20-19-21-10-8-16(22-19)15-9-11-23(18(25)12-15)17(13-24)14-6-4-3-5-7-14/h3-12,17,24H,2,13H2,1H3,(H,20,21,22). The normalized spacial score (nSPS) is 11.9. The molecule has 0 saturated carbocycles. The Morgan fingerprint density at radius 1 is 1.20 bits per heavy atom. The third-order valence-electron chi connectivity index (χ3n) is 3.93. The van der Waals surface area contributed by atoms with Crippen LogP contribution in [0.4, 0.5) is 5.95 Å². The number of aromatic nitrogens is 3. The van der Waals surface area contributed by atoms with Crippen molar-refractivity contribution in [1.82, 2.24) is 14.5 Å². The maximum atomic E-state index is 12.6. The highest BCUT2D eigenvalue weighted by atomic mass is 16.3. The summed E-state index contributed by atoms with van der Waals surface area (Å²) in [7, 11) is 0. The van der Waals surface area contributed by atoms with Crippen LogP contribution >= 0.6 is 0 Å². The van der Waals surface area contributed by atoms with Crippen LogP contribution in [0.5, 0.6) is 0 Å². The smallest absolute Gasteiger partial charge is 0.251 e. The van der Waals surface area contributed by atoms with Gasteiger partial charge in [0.1, 0.15) is 0 Å². The lowest BCUT2D eigenvalue weighted by atomic mass is 10.1. The third-order valence-corrected chi connectivity index (χ3v) is 3.93. The molecule has 3 rings (SSSR count). The monoisotopic (exact) mass is 336 g/mol. The van der Waals surface area contributed by atoms with E-state index in [1.807, 2.05) is 43.3 Å². The Morgan fingerprint density at radius 3 is 2.68 bits per heavy atom. The molecular formula is C19H20N4O2. The van der Waals surface area contributed by atoms with E-state index in [2.05, 4.69) is 15.3 Å². The number of aliphatic hydroxyl groups excluding tert-OH is 1. The minimum absolute atomic E-state index is 0.151. The molecular weight excluding hydrogens is 316 g/mol. The molecule has 25 heavy (non-hydrogen) atoms. The SMILES string of the molecule is CCNc1nccc(-c2ccn(C(CO)c3ccccc3)c(=O)c2)n1. The number of hydrogen-bond acceptors (Lipinski definition) is 5. The summed E-state index contributed by atoms with van der Waals surface area (Å²) in [5.41, 5.74) is 2.09. The van der Waals surface area contributed by atoms with Crippen molar-refractivity contribution in [1.29, 1.82) is 0 Å². The maximum Gasteiger partial charge on any atom is 0.251 e. The number of hydrogen-bond donors (Lipinski definition) is 2. The van der Waals surface area contributed by atoms with Crippen molar-refractivity contribution < 1.29 is 5.11 Å². The number of rotatable bonds is 6. The predicted molar refractivity (Wildman–Crippen MR) is 97.6 cm³/mol. The van der Waals surface area contributed by atoms with Gasteiger partial charge in [0.25, 0.3) is 5.56 Å². The Labute approximate surface area is 145 Å². The molecule has 0 saturated heterocycles. The molecule has 2 N–H and O–H groups in total. The summed E-state index contributed by atoms with van der Waals surface area (Å²) in [5.74, 6) is 0.529. The second-order valence-corrected chi connectivity index (χ2v) is 5.57. The zero-order valence-corrected chi connectivity index (χ0v) is 14.0. The summed E-state index contributed by atoms with van der Waals surface area (Å²) in [5, 5.41) is 12.8. The van der Waals surface area contributed by atoms with Gasteiger partial charge in [0, 0.05) is 30.6 Å². The molecule has 0 aliphatic carbocycles. The Balaban J connectivity index is 1.96. The molecule has 1 unspecified atom stereocenters. The van der Waals surface area contributed by atoms with Crippen LogP contribution in [-0.2, 0) is 0 Å². The fourth-order valence-electron chi connectivity index (χ4n) is 2.70. The molecule has 0 amide bonds. The molecule has 2 heterocycles. The van der Waals surface area contributed by atoms with Crippen LogP contribution in [0.2, 0.25) is 0 Å². The number of nitrogens with zero attached hydrogens (tertiary/aromatic N) is 3. The van der Waals surface area contributed by atoms with E-state index in [0.717, 1.165) is 12.1 Å². The van der Waals surface area contributed by atoms with Gasteiger partial charge < -0.3 is 15.0 Å². The molecule has 1 aromatic carbocycles. The zero-order valence-electron chi connectivity index (χ0n) is 14.0. The van der Waals surface area contributed by atoms with Gasteiger partial charge in [-0.25, -0.2) is 9.97 Å². The fraction of sp³-hybridized carbons (Fsp3) is 0.211. The number of aliphatic hydroxyl groups is 1. The lowest BCUT2D eigenvalue weighted by Gasteiger charge is -2.18. The first-order valence-corrected chi connectivity index (χ1v) is 8.18. The quantitative estimate of drug-likeness (QED) is 0.722. The van der Waals surface area contributed by atoms with Crippen LogP contribution in [0.3, 0.4) is 0 Å². The van der Waals surface area contributed by atoms with Gasteiger partial charge in [-0.05, 0) is 24.6 Å². The first-order chi connectivity index (χ1) is 12.2. The van der Waals surface area contributed by atoms with Crippen molar-refractivity contribution >= 4 is 5.95 Å². The van der Waals surface area contributed by atoms with Crippen molar-refractivity contribution in [2.75, 3.05) is 18.5 Å². The van der Waals surface area contributed by atoms with Gasteiger partial charge in [-0.1, -0.05) is 30.3 Å². The lowest BCUT2D eigenvalue weighted by molar-refractivity contribution is 0.247. The van der Waals surface area contributed by atoms with E-state index in [9.17, 15) is 9.90 Å². The average Bonchev–Trinajstić information content (AvgIpc) is 2.65. The van der Waals surface area contributed by atoms with Crippen LogP contribution in [-0.4, -0.2) is 32.8 Å². The van der Waals surface area contributed by atoms with E-state index in [1.165, 1.54) is 10.6 Å². The molecule has 0 aliphatic rings. The molecule has 2 aromatic heterocycles. The first kappa shape index (κ1) is 16.9. The largest absolute Gasteiger partial charge is 0.394 e. The fourth-order valence-corrected chi connectivity index (χ4v) is 2.70. The van der Waals surface area contributed by atoms with Crippen molar-refractivity contribution in [2.24, 2.45) is 0 Å². The summed E-state index contributed by atoms with van der Waals surface area (Å²) in [6, 6.07) is 14.2. The topological polar surface area (TPSA) is 80.0 Å². The van der Waals surface area contributed by atoms with Gasteiger partial charge in [-0.2, -0.15) is 0 Å². The van der Waals surface area contributed by atoms with E-state index in [0.29, 0.717) is 17.2 Å². The van der Waals surface area contributed by atoms with E-state index in [4.69, 9.17) is 0 Å². The lowest BCUT2D eigenvalue weighted by Crippen LogP contribution is -2.26. The minimum Gasteiger partial charge on any atom is -0.394 e. The van der Waals surface area contributed by atoms with Crippen LogP contribution < -0.4 is 10.9 Å². The summed E-state index contributed by atoms with van der Waals surface area (Å²) in [6.07, 6.45) is 3.35. The van der Waals surface area contributed by atoms with E-state index in [1.54, 1.807) is 18.5 Å². The van der Waals surface area contributed by atoms with Gasteiger partial charge in [-0.15, -0.1) is 0 Å². The van der Waals surface area contributed by atoms with Crippen molar-refractivity contribution in [2.45, 2.75) is 13.0 Å². The minimum atomic E-state index is -0.412. The first-order valence-electron chi connectivity index (χ1n) is 8.18. The highest BCUT2D eigenvalue weighted by Gasteiger charge is 2.14. The van der Waals surface area contributed by atoms with Crippen molar-refractivity contribution in [3.8, 4) is 11.3 Å². The average molecular weight is 336 g/mol. The second kappa shape index (κ2) is 7.72. The molecule has 0 aliphatic heterocycles. The molecule has 0 bridgehead atoms. The number of anilines is 1. The van der Waals surface area contributed by atoms with Crippen molar-refractivity contribution in [3.05, 3.63) is 76.8 Å². The molecule has 6 nitrogen and oxygen atoms in total. The Morgan fingerprint density at radius 2 is 2.00 bits per heavy atom. The van der Waals surface area contributed by atoms with E-state index in [-0.39, 0.29) is 12.2 Å². The summed E-state index contributed by atoms with van der Waals surface area (Å²) >= 11 is 0. The van der Waals surface area contributed by atoms with Crippen LogP contribution in [0.1, 0.15) is 18.5 Å². The molecule has 0 radical (unpaired) electrons. The molecule has 1 atom stereocenters. The molecule has 0 spiro atoms. The predicted octanol–water partition coefficient (Wildman–Crippen LogP) is 2.32. The van der Waals surface area contributed by atoms with Crippen LogP contribution in [0.25, 0.3) is 11.3 Å². The molecule has 3 aromatic rings. The number of pyridine rings is 1. The molecule has 0 fully saturated rings. The van der Waals surface area contributed by atoms with Crippen LogP contribution in [0.15, 0.2) is 65.7 Å². The van der Waals surface area contributed by atoms with Crippen LogP contribution in [0, 0.1) is 0 Å². The summed E-state index contributed by atoms with van der Waals surface area (Å²) in [6.45, 7) is 2.54. The third kappa shape index (κ3) is 3.75. The summed E-state index contributed by atoms with van der Waals surface area (Å²) < 4.78 is 1.53. The highest BCUT2D eigenvalue weighted by Crippen LogP contribution is 2.19. The van der Waals surface area contributed by atoms with E-state index >= 15 is 0 Å². The van der Waals surface area contributed by atoms with Gasteiger partial charge in [0.05, 0.1) is 18.3 Å². The summed E-state index contributed by atoms with van der Waals surface area (Å²) in [4.78, 5) is 21.1. The zero-order chi connectivity index (χ0) is 17.6. The molecule has 6 heteroatoms. The Kier molecular flexibility index (Phi) is 5.20. The van der Waals surface area contributed by atoms with Gasteiger partial charge in [0.15, 0.2) is 0 Å². The van der Waals surface area contributed by atoms with Gasteiger partial charge in [0.2, 0.25) is 5.95 Å². The molecule has 128 valence electrons. The number of benzene rings is 1. The highest BCUT2D eigenvalue weighted by molar-refractivity contribution is 5.59. The Bertz CT molecular complexity index is 893. The number of nitrogens with one attached hydrogen (secondary N) is 1. The van der Waals surface area contributed by atoms with Crippen molar-refractivity contribution in [3.63, 3.8) is 0 Å². The van der Waals surface area contributed by atoms with Gasteiger partial charge in [-0.3, -0.25) is 4.79 Å². The maximum absolute atomic E-state index is 12.6. The van der Waals surface area contributed by atoms with Gasteiger partial charge >= 0.3 is 0 Å². The second-order valence-electron chi connectivity index (χ2n) is 5.57.